The van der Waals surface area contributed by atoms with Crippen LogP contribution < -0.4 is 11.2 Å². The number of carbonyl (C=O) groups is 1. The van der Waals surface area contributed by atoms with Crippen LogP contribution in [-0.2, 0) is 18.6 Å². The van der Waals surface area contributed by atoms with E-state index in [0.29, 0.717) is 0 Å². The van der Waals surface area contributed by atoms with Crippen LogP contribution in [0, 0.1) is 6.92 Å². The highest BCUT2D eigenvalue weighted by molar-refractivity contribution is 7.32. The third-order valence-electron chi connectivity index (χ3n) is 3.50. The molecule has 5 atom stereocenters. The van der Waals surface area contributed by atoms with Crippen LogP contribution in [0.5, 0.6) is 0 Å². The normalized spacial score (nSPS) is 26.1. The van der Waals surface area contributed by atoms with Gasteiger partial charge in [-0.15, -0.1) is 9.42 Å². The number of aliphatic hydroxyl groups is 1. The Morgan fingerprint density at radius 2 is 2.22 bits per heavy atom. The molecule has 1 fully saturated rings. The van der Waals surface area contributed by atoms with E-state index >= 15 is 0 Å². The van der Waals surface area contributed by atoms with Gasteiger partial charge in [0, 0.05) is 22.7 Å². The number of aliphatic hydroxyl groups excluding tert-OH is 1. The lowest BCUT2D eigenvalue weighted by molar-refractivity contribution is -0.136. The summed E-state index contributed by atoms with van der Waals surface area (Å²) in [6, 6.07) is 0. The van der Waals surface area contributed by atoms with Gasteiger partial charge in [-0.3, -0.25) is 19.1 Å². The Kier molecular flexibility index (Phi) is 5.23. The van der Waals surface area contributed by atoms with Crippen molar-refractivity contribution in [1.29, 1.82) is 0 Å². The van der Waals surface area contributed by atoms with Gasteiger partial charge < -0.3 is 9.84 Å². The van der Waals surface area contributed by atoms with E-state index < -0.39 is 49.8 Å². The number of aromatic nitrogens is 2. The van der Waals surface area contributed by atoms with Crippen molar-refractivity contribution in [2.24, 2.45) is 0 Å². The van der Waals surface area contributed by atoms with Crippen LogP contribution in [0.15, 0.2) is 15.8 Å². The first-order valence-electron chi connectivity index (χ1n) is 6.69. The smallest absolute Gasteiger partial charge is 0.390 e. The minimum Gasteiger partial charge on any atom is -0.390 e. The Morgan fingerprint density at radius 1 is 1.57 bits per heavy atom. The second-order valence-electron chi connectivity index (χ2n) is 5.21. The van der Waals surface area contributed by atoms with Crippen molar-refractivity contribution < 1.29 is 28.6 Å². The van der Waals surface area contributed by atoms with Gasteiger partial charge >= 0.3 is 13.9 Å². The largest absolute Gasteiger partial charge is 0.695 e. The van der Waals surface area contributed by atoms with E-state index in [2.05, 4.69) is 9.51 Å². The first-order chi connectivity index (χ1) is 10.7. The van der Waals surface area contributed by atoms with Crippen LogP contribution in [0.3, 0.4) is 0 Å². The monoisotopic (exact) mass is 347 g/mol. The Labute approximate surface area is 130 Å². The first kappa shape index (κ1) is 17.6. The first-order valence-corrected chi connectivity index (χ1v) is 7.82. The van der Waals surface area contributed by atoms with Crippen molar-refractivity contribution in [1.82, 2.24) is 9.55 Å². The highest BCUT2D eigenvalue weighted by Gasteiger charge is 2.46. The van der Waals surface area contributed by atoms with E-state index in [0.717, 1.165) is 11.5 Å². The van der Waals surface area contributed by atoms with Crippen molar-refractivity contribution in [2.45, 2.75) is 44.8 Å². The molecule has 2 heterocycles. The predicted molar refractivity (Wildman–Crippen MR) is 76.0 cm³/mol. The molecular formula is C12H16N2O8P+. The van der Waals surface area contributed by atoms with E-state index in [1.54, 1.807) is 0 Å². The number of carbonyl (C=O) groups excluding carboxylic acids is 1. The van der Waals surface area contributed by atoms with Crippen LogP contribution in [0.1, 0.15) is 25.1 Å². The number of aromatic amines is 1. The van der Waals surface area contributed by atoms with Gasteiger partial charge in [0.2, 0.25) is 6.10 Å². The van der Waals surface area contributed by atoms with Gasteiger partial charge in [-0.05, 0) is 13.8 Å². The minimum atomic E-state index is -3.07. The average Bonchev–Trinajstić information content (AvgIpc) is 2.81. The van der Waals surface area contributed by atoms with Gasteiger partial charge in [0.15, 0.2) is 5.78 Å². The number of nitrogens with one attached hydrogen (secondary N) is 1. The number of H-pyrrole nitrogens is 1. The number of hydrogen-bond donors (Lipinski definition) is 3. The third-order valence-corrected chi connectivity index (χ3v) is 3.90. The maximum atomic E-state index is 11.8. The van der Waals surface area contributed by atoms with Crippen LogP contribution >= 0.6 is 8.25 Å². The summed E-state index contributed by atoms with van der Waals surface area (Å²) in [5.74, 6) is -0.600. The number of nitrogens with zero attached hydrogens (tertiary/aromatic N) is 1. The quantitative estimate of drug-likeness (QED) is 0.581. The molecule has 1 aromatic rings. The fourth-order valence-corrected chi connectivity index (χ4v) is 2.85. The van der Waals surface area contributed by atoms with Gasteiger partial charge in [0.1, 0.15) is 12.3 Å². The maximum absolute atomic E-state index is 11.8. The van der Waals surface area contributed by atoms with E-state index in [4.69, 9.17) is 9.63 Å². The molecule has 2 rings (SSSR count). The van der Waals surface area contributed by atoms with Gasteiger partial charge in [-0.25, -0.2) is 4.79 Å². The Bertz CT molecular complexity index is 741. The molecule has 0 aromatic carbocycles. The summed E-state index contributed by atoms with van der Waals surface area (Å²) in [5.41, 5.74) is -1.00. The zero-order valence-corrected chi connectivity index (χ0v) is 13.2. The topological polar surface area (TPSA) is 148 Å². The Balaban J connectivity index is 2.29. The molecule has 0 saturated carbocycles. The van der Waals surface area contributed by atoms with Crippen molar-refractivity contribution in [3.05, 3.63) is 32.6 Å². The van der Waals surface area contributed by atoms with Crippen molar-refractivity contribution in [2.75, 3.05) is 0 Å². The summed E-state index contributed by atoms with van der Waals surface area (Å²) < 4.78 is 22.0. The van der Waals surface area contributed by atoms with Crippen molar-refractivity contribution >= 4 is 14.0 Å². The summed E-state index contributed by atoms with van der Waals surface area (Å²) in [4.78, 5) is 45.7. The molecule has 1 saturated heterocycles. The van der Waals surface area contributed by atoms with Crippen LogP contribution in [0.4, 0.5) is 0 Å². The van der Waals surface area contributed by atoms with E-state index in [-0.39, 0.29) is 12.0 Å². The molecule has 1 aliphatic heterocycles. The number of ketones is 1. The molecule has 0 aliphatic carbocycles. The fourth-order valence-electron chi connectivity index (χ4n) is 2.38. The molecule has 0 radical (unpaired) electrons. The van der Waals surface area contributed by atoms with Crippen LogP contribution in [-0.4, -0.2) is 43.6 Å². The van der Waals surface area contributed by atoms with Crippen molar-refractivity contribution in [3.8, 4) is 0 Å². The molecule has 0 spiro atoms. The molecule has 0 bridgehead atoms. The average molecular weight is 347 g/mol. The SMILES string of the molecule is CC(=O)C(O[P+](=O)O)[C@H]1O[C@@H](n2cc(C)c(=O)[nH]c2=O)C[C@@H]1O. The molecule has 126 valence electrons. The number of aryl methyl sites for hydroxylation is 1. The van der Waals surface area contributed by atoms with Crippen LogP contribution in [0.2, 0.25) is 0 Å². The third kappa shape index (κ3) is 3.80. The number of Topliss-reactive ketones (excluding diaryl/α,β-unsaturated/α-hetero) is 1. The second kappa shape index (κ2) is 6.81. The summed E-state index contributed by atoms with van der Waals surface area (Å²) in [7, 11) is -3.07. The van der Waals surface area contributed by atoms with E-state index in [1.807, 2.05) is 0 Å². The van der Waals surface area contributed by atoms with Gasteiger partial charge in [0.05, 0.1) is 6.10 Å². The fraction of sp³-hybridized carbons (Fsp3) is 0.583. The van der Waals surface area contributed by atoms with Gasteiger partial charge in [-0.1, -0.05) is 0 Å². The summed E-state index contributed by atoms with van der Waals surface area (Å²) in [5, 5.41) is 10.0. The predicted octanol–water partition coefficient (Wildman–Crippen LogP) is -0.883. The van der Waals surface area contributed by atoms with Crippen LogP contribution in [0.25, 0.3) is 0 Å². The Hall–Kier alpha value is -1.71. The van der Waals surface area contributed by atoms with E-state index in [9.17, 15) is 24.1 Å². The lowest BCUT2D eigenvalue weighted by Crippen LogP contribution is -2.40. The summed E-state index contributed by atoms with van der Waals surface area (Å²) in [6.45, 7) is 2.62. The lowest BCUT2D eigenvalue weighted by Gasteiger charge is -2.19. The highest BCUT2D eigenvalue weighted by atomic mass is 31.1. The Morgan fingerprint density at radius 3 is 2.78 bits per heavy atom. The maximum Gasteiger partial charge on any atom is 0.695 e. The molecule has 1 aromatic heterocycles. The lowest BCUT2D eigenvalue weighted by atomic mass is 10.1. The molecule has 0 amide bonds. The number of ether oxygens (including phenoxy) is 1. The summed E-state index contributed by atoms with van der Waals surface area (Å²) >= 11 is 0. The molecule has 1 aliphatic rings. The molecular weight excluding hydrogens is 331 g/mol. The highest BCUT2D eigenvalue weighted by Crippen LogP contribution is 2.33. The number of rotatable bonds is 5. The molecule has 11 heteroatoms. The van der Waals surface area contributed by atoms with Crippen molar-refractivity contribution in [3.63, 3.8) is 0 Å². The second-order valence-corrected chi connectivity index (χ2v) is 5.90. The standard InChI is InChI=1S/C12H15N2O8P/c1-5-4-14(12(18)13-11(5)17)8-3-7(16)10(21-8)9(6(2)15)22-23(19)20/h4,7-10,16H,3H2,1-2H3,(H-,13,17,18,19,20)/p+1/t7-,8+,9?,10-/m0/s1. The zero-order chi connectivity index (χ0) is 17.3. The summed E-state index contributed by atoms with van der Waals surface area (Å²) in [6.07, 6.45) is -3.56. The molecule has 10 nitrogen and oxygen atoms in total. The molecule has 3 N–H and O–H groups in total. The van der Waals surface area contributed by atoms with Gasteiger partial charge in [-0.2, -0.15) is 0 Å². The molecule has 23 heavy (non-hydrogen) atoms. The van der Waals surface area contributed by atoms with E-state index in [1.165, 1.54) is 13.1 Å². The van der Waals surface area contributed by atoms with Gasteiger partial charge in [0.25, 0.3) is 5.56 Å². The molecule has 2 unspecified atom stereocenters. The minimum absolute atomic E-state index is 0.0502. The number of hydrogen-bond acceptors (Lipinski definition) is 7. The zero-order valence-electron chi connectivity index (χ0n) is 12.3.